The number of unbranched alkanes of at least 4 members (excludes halogenated alkanes) is 4. The van der Waals surface area contributed by atoms with E-state index >= 15 is 0 Å². The van der Waals surface area contributed by atoms with Gasteiger partial charge in [0.25, 0.3) is 0 Å². The maximum absolute atomic E-state index is 11.9. The molecular formula is C29H64O4P2. The van der Waals surface area contributed by atoms with Crippen molar-refractivity contribution in [2.45, 2.75) is 151 Å². The molecule has 6 heteroatoms. The molecule has 0 heterocycles. The molecule has 0 aromatic carbocycles. The summed E-state index contributed by atoms with van der Waals surface area (Å²) in [5, 5.41) is 0. The second kappa shape index (κ2) is 26.2. The summed E-state index contributed by atoms with van der Waals surface area (Å²) in [4.78, 5) is 9.77. The number of phosphoric acid groups is 1. The van der Waals surface area contributed by atoms with Gasteiger partial charge in [0, 0.05) is 0 Å². The fourth-order valence-electron chi connectivity index (χ4n) is 4.11. The van der Waals surface area contributed by atoms with Gasteiger partial charge in [0.15, 0.2) is 0 Å². The van der Waals surface area contributed by atoms with Crippen LogP contribution in [0.2, 0.25) is 0 Å². The zero-order valence-electron chi connectivity index (χ0n) is 25.0. The van der Waals surface area contributed by atoms with Gasteiger partial charge in [0.2, 0.25) is 0 Å². The van der Waals surface area contributed by atoms with Gasteiger partial charge in [-0.3, -0.25) is 9.05 Å². The first-order valence-electron chi connectivity index (χ1n) is 15.1. The van der Waals surface area contributed by atoms with Gasteiger partial charge in [-0.05, 0) is 61.9 Å². The molecule has 0 aromatic heterocycles. The molecule has 0 bridgehead atoms. The number of phosphoric ester groups is 1. The predicted octanol–water partition coefficient (Wildman–Crippen LogP) is 10.8. The van der Waals surface area contributed by atoms with Gasteiger partial charge in [-0.25, -0.2) is 4.57 Å². The Hall–Kier alpha value is 0.540. The molecule has 0 aliphatic heterocycles. The van der Waals surface area contributed by atoms with Crippen molar-refractivity contribution in [1.29, 1.82) is 0 Å². The Bertz CT molecular complexity index is 444. The zero-order chi connectivity index (χ0) is 27.0. The average molecular weight is 539 g/mol. The Labute approximate surface area is 222 Å². The van der Waals surface area contributed by atoms with Gasteiger partial charge in [-0.15, -0.1) is 7.92 Å². The topological polar surface area (TPSA) is 55.8 Å². The predicted molar refractivity (Wildman–Crippen MR) is 159 cm³/mol. The second-order valence-electron chi connectivity index (χ2n) is 10.3. The van der Waals surface area contributed by atoms with Gasteiger partial charge >= 0.3 is 7.82 Å². The van der Waals surface area contributed by atoms with Crippen LogP contribution in [0.15, 0.2) is 0 Å². The van der Waals surface area contributed by atoms with E-state index in [0.29, 0.717) is 33.0 Å². The Morgan fingerprint density at radius 2 is 1.06 bits per heavy atom. The number of hydrogen-bond acceptors (Lipinski definition) is 3. The lowest BCUT2D eigenvalue weighted by atomic mass is 10.0. The molecule has 4 nitrogen and oxygen atoms in total. The monoisotopic (exact) mass is 538 g/mol. The fourth-order valence-corrected chi connectivity index (χ4v) is 8.15. The normalized spacial score (nSPS) is 15.8. The number of hydrogen-bond donors (Lipinski definition) is 1. The third-order valence-corrected chi connectivity index (χ3v) is 11.2. The van der Waals surface area contributed by atoms with E-state index in [1.54, 1.807) is 0 Å². The summed E-state index contributed by atoms with van der Waals surface area (Å²) in [6, 6.07) is 0. The highest BCUT2D eigenvalue weighted by atomic mass is 31.2. The van der Waals surface area contributed by atoms with Gasteiger partial charge in [-0.2, -0.15) is 0 Å². The maximum atomic E-state index is 11.9. The Morgan fingerprint density at radius 3 is 1.37 bits per heavy atom. The third kappa shape index (κ3) is 23.4. The van der Waals surface area contributed by atoms with Crippen LogP contribution in [0, 0.1) is 11.8 Å². The summed E-state index contributed by atoms with van der Waals surface area (Å²) in [5.74, 6) is 0.687. The van der Waals surface area contributed by atoms with Gasteiger partial charge in [0.1, 0.15) is 0 Å². The highest BCUT2D eigenvalue weighted by Gasteiger charge is 2.24. The molecule has 3 unspecified atom stereocenters. The molecule has 0 fully saturated rings. The van der Waals surface area contributed by atoms with Crippen LogP contribution in [0.5, 0.6) is 0 Å². The molecule has 0 aliphatic rings. The molecule has 0 amide bonds. The molecular weight excluding hydrogens is 474 g/mol. The van der Waals surface area contributed by atoms with E-state index in [1.165, 1.54) is 50.8 Å². The molecule has 1 N–H and O–H groups in total. The molecule has 0 aromatic rings. The summed E-state index contributed by atoms with van der Waals surface area (Å²) in [5.41, 5.74) is 1.02. The van der Waals surface area contributed by atoms with Crippen molar-refractivity contribution in [2.75, 3.05) is 25.5 Å². The van der Waals surface area contributed by atoms with E-state index in [2.05, 4.69) is 55.4 Å². The molecule has 3 atom stereocenters. The van der Waals surface area contributed by atoms with Crippen LogP contribution in [-0.2, 0) is 13.6 Å². The van der Waals surface area contributed by atoms with E-state index in [-0.39, 0.29) is 0 Å². The van der Waals surface area contributed by atoms with E-state index < -0.39 is 7.82 Å². The van der Waals surface area contributed by atoms with Crippen LogP contribution < -0.4 is 0 Å². The SMILES string of the molecule is CCCCC(CC)COP(=O)(O)OCC(CC)CCCC.CCCCP(CCCC)C(C)CCC. The Balaban J connectivity index is 0. The number of rotatable bonds is 23. The van der Waals surface area contributed by atoms with E-state index in [4.69, 9.17) is 9.05 Å². The van der Waals surface area contributed by atoms with Crippen molar-refractivity contribution in [2.24, 2.45) is 11.8 Å². The van der Waals surface area contributed by atoms with Crippen LogP contribution >= 0.6 is 15.7 Å². The van der Waals surface area contributed by atoms with Gasteiger partial charge in [0.05, 0.1) is 13.2 Å². The summed E-state index contributed by atoms with van der Waals surface area (Å²) in [6.45, 7) is 18.5. The van der Waals surface area contributed by atoms with Crippen molar-refractivity contribution >= 4 is 15.7 Å². The largest absolute Gasteiger partial charge is 0.472 e. The maximum Gasteiger partial charge on any atom is 0.472 e. The van der Waals surface area contributed by atoms with Crippen molar-refractivity contribution in [3.05, 3.63) is 0 Å². The lowest BCUT2D eigenvalue weighted by Crippen LogP contribution is -2.12. The summed E-state index contributed by atoms with van der Waals surface area (Å²) in [6.07, 6.45) is 20.1. The molecule has 214 valence electrons. The van der Waals surface area contributed by atoms with Crippen LogP contribution in [0.25, 0.3) is 0 Å². The first kappa shape index (κ1) is 37.7. The van der Waals surface area contributed by atoms with Crippen LogP contribution in [-0.4, -0.2) is 36.1 Å². The first-order valence-corrected chi connectivity index (χ1v) is 18.4. The van der Waals surface area contributed by atoms with Crippen molar-refractivity contribution < 1.29 is 18.5 Å². The minimum atomic E-state index is -3.89. The molecule has 0 spiro atoms. The third-order valence-electron chi connectivity index (χ3n) is 6.96. The molecule has 0 rings (SSSR count). The quantitative estimate of drug-likeness (QED) is 0.131. The highest BCUT2D eigenvalue weighted by Crippen LogP contribution is 2.45. The minimum Gasteiger partial charge on any atom is -0.302 e. The second-order valence-corrected chi connectivity index (χ2v) is 14.7. The van der Waals surface area contributed by atoms with Crippen molar-refractivity contribution in [1.82, 2.24) is 0 Å². The van der Waals surface area contributed by atoms with E-state index in [0.717, 1.165) is 57.0 Å². The molecule has 0 radical (unpaired) electrons. The summed E-state index contributed by atoms with van der Waals surface area (Å²) >= 11 is 0. The van der Waals surface area contributed by atoms with E-state index in [9.17, 15) is 9.46 Å². The summed E-state index contributed by atoms with van der Waals surface area (Å²) < 4.78 is 22.2. The average Bonchev–Trinajstić information content (AvgIpc) is 2.85. The van der Waals surface area contributed by atoms with Gasteiger partial charge < -0.3 is 4.89 Å². The van der Waals surface area contributed by atoms with Gasteiger partial charge in [-0.1, -0.05) is 113 Å². The Morgan fingerprint density at radius 1 is 0.657 bits per heavy atom. The lowest BCUT2D eigenvalue weighted by molar-refractivity contribution is 0.110. The fraction of sp³-hybridized carbons (Fsp3) is 1.00. The van der Waals surface area contributed by atoms with Crippen LogP contribution in [0.4, 0.5) is 0 Å². The highest BCUT2D eigenvalue weighted by molar-refractivity contribution is 7.58. The molecule has 35 heavy (non-hydrogen) atoms. The first-order chi connectivity index (χ1) is 16.7. The van der Waals surface area contributed by atoms with Crippen LogP contribution in [0.1, 0.15) is 145 Å². The molecule has 0 aliphatic carbocycles. The van der Waals surface area contributed by atoms with E-state index in [1.807, 2.05) is 0 Å². The summed E-state index contributed by atoms with van der Waals surface area (Å²) in [7, 11) is -3.53. The van der Waals surface area contributed by atoms with Crippen molar-refractivity contribution in [3.63, 3.8) is 0 Å². The Kier molecular flexibility index (Phi) is 28.2. The molecule has 0 saturated heterocycles. The minimum absolute atomic E-state index is 0.316. The van der Waals surface area contributed by atoms with Crippen LogP contribution in [0.3, 0.4) is 0 Å². The lowest BCUT2D eigenvalue weighted by Gasteiger charge is -2.24. The zero-order valence-corrected chi connectivity index (χ0v) is 26.8. The standard InChI is InChI=1S/C16H35O4P.C13H29P/c1-5-9-11-15(7-3)13-19-21(17,18)20-14-16(8-4)12-10-6-2;1-5-8-11-14(12-9-6-2)13(4)10-7-3/h15-16H,5-14H2,1-4H3,(H,17,18);13H,5-12H2,1-4H3. The van der Waals surface area contributed by atoms with Crippen molar-refractivity contribution in [3.8, 4) is 0 Å². The smallest absolute Gasteiger partial charge is 0.302 e. The molecule has 0 saturated carbocycles.